The summed E-state index contributed by atoms with van der Waals surface area (Å²) in [5.41, 5.74) is 2.05. The summed E-state index contributed by atoms with van der Waals surface area (Å²) in [7, 11) is 1.78. The maximum absolute atomic E-state index is 12.1. The van der Waals surface area contributed by atoms with E-state index < -0.39 is 0 Å². The number of amides is 2. The lowest BCUT2D eigenvalue weighted by Gasteiger charge is -2.18. The standard InChI is InChI=1S/C15H16Cl2N2OS/c1-10-5-6-21-14(10)9-19(2)15(20)18-8-11-3-4-12(16)7-13(11)17/h3-7H,8-9H2,1-2H3,(H,18,20). The van der Waals surface area contributed by atoms with E-state index in [1.54, 1.807) is 35.4 Å². The Morgan fingerprint density at radius 3 is 2.71 bits per heavy atom. The van der Waals surface area contributed by atoms with E-state index in [0.29, 0.717) is 23.1 Å². The number of nitrogens with zero attached hydrogens (tertiary/aromatic N) is 1. The third-order valence-corrected chi connectivity index (χ3v) is 4.74. The molecule has 2 aromatic rings. The van der Waals surface area contributed by atoms with Crippen molar-refractivity contribution in [3.05, 3.63) is 55.7 Å². The first-order valence-corrected chi connectivity index (χ1v) is 8.07. The van der Waals surface area contributed by atoms with Crippen LogP contribution in [0.15, 0.2) is 29.6 Å². The second-order valence-electron chi connectivity index (χ2n) is 4.78. The third kappa shape index (κ3) is 4.37. The second-order valence-corrected chi connectivity index (χ2v) is 6.62. The Morgan fingerprint density at radius 1 is 1.33 bits per heavy atom. The van der Waals surface area contributed by atoms with Crippen LogP contribution in [0.5, 0.6) is 0 Å². The number of thiophene rings is 1. The highest BCUT2D eigenvalue weighted by atomic mass is 35.5. The Labute approximate surface area is 138 Å². The summed E-state index contributed by atoms with van der Waals surface area (Å²) in [4.78, 5) is 14.9. The van der Waals surface area contributed by atoms with Gasteiger partial charge in [-0.25, -0.2) is 4.79 Å². The smallest absolute Gasteiger partial charge is 0.317 e. The molecule has 0 aliphatic carbocycles. The summed E-state index contributed by atoms with van der Waals surface area (Å²) in [6.45, 7) is 3.03. The van der Waals surface area contributed by atoms with Gasteiger partial charge in [-0.3, -0.25) is 0 Å². The van der Waals surface area contributed by atoms with Gasteiger partial charge in [0.05, 0.1) is 6.54 Å². The van der Waals surface area contributed by atoms with Crippen LogP contribution in [0.2, 0.25) is 10.0 Å². The van der Waals surface area contributed by atoms with Crippen molar-refractivity contribution >= 4 is 40.6 Å². The third-order valence-electron chi connectivity index (χ3n) is 3.14. The molecule has 2 amide bonds. The normalized spacial score (nSPS) is 10.5. The Balaban J connectivity index is 1.90. The Bertz CT molecular complexity index is 642. The molecule has 1 aromatic heterocycles. The van der Waals surface area contributed by atoms with Gasteiger partial charge < -0.3 is 10.2 Å². The number of aryl methyl sites for hydroxylation is 1. The van der Waals surface area contributed by atoms with Crippen molar-refractivity contribution in [3.63, 3.8) is 0 Å². The molecule has 1 heterocycles. The SMILES string of the molecule is Cc1ccsc1CN(C)C(=O)NCc1ccc(Cl)cc1Cl. The summed E-state index contributed by atoms with van der Waals surface area (Å²) < 4.78 is 0. The van der Waals surface area contributed by atoms with E-state index in [-0.39, 0.29) is 6.03 Å². The minimum absolute atomic E-state index is 0.131. The van der Waals surface area contributed by atoms with Crippen LogP contribution in [0.4, 0.5) is 4.79 Å². The van der Waals surface area contributed by atoms with Gasteiger partial charge in [-0.05, 0) is 41.6 Å². The molecule has 0 radical (unpaired) electrons. The van der Waals surface area contributed by atoms with Gasteiger partial charge >= 0.3 is 6.03 Å². The highest BCUT2D eigenvalue weighted by Gasteiger charge is 2.11. The quantitative estimate of drug-likeness (QED) is 0.857. The van der Waals surface area contributed by atoms with Crippen molar-refractivity contribution in [3.8, 4) is 0 Å². The lowest BCUT2D eigenvalue weighted by molar-refractivity contribution is 0.207. The van der Waals surface area contributed by atoms with Crippen molar-refractivity contribution in [2.24, 2.45) is 0 Å². The first kappa shape index (κ1) is 16.1. The van der Waals surface area contributed by atoms with Gasteiger partial charge in [-0.2, -0.15) is 0 Å². The molecule has 0 saturated carbocycles. The first-order chi connectivity index (χ1) is 9.97. The number of carbonyl (C=O) groups is 1. The highest BCUT2D eigenvalue weighted by Crippen LogP contribution is 2.21. The summed E-state index contributed by atoms with van der Waals surface area (Å²) in [5.74, 6) is 0. The predicted octanol–water partition coefficient (Wildman–Crippen LogP) is 4.70. The molecule has 3 nitrogen and oxygen atoms in total. The van der Waals surface area contributed by atoms with E-state index in [1.165, 1.54) is 10.4 Å². The second kappa shape index (κ2) is 7.16. The number of rotatable bonds is 4. The Morgan fingerprint density at radius 2 is 2.10 bits per heavy atom. The zero-order valence-corrected chi connectivity index (χ0v) is 14.1. The number of benzene rings is 1. The van der Waals surface area contributed by atoms with Gasteiger partial charge in [-0.15, -0.1) is 11.3 Å². The molecule has 0 unspecified atom stereocenters. The van der Waals surface area contributed by atoms with Gasteiger partial charge in [0.1, 0.15) is 0 Å². The average molecular weight is 343 g/mol. The number of urea groups is 1. The summed E-state index contributed by atoms with van der Waals surface area (Å²) >= 11 is 13.6. The van der Waals surface area contributed by atoms with E-state index in [2.05, 4.69) is 11.4 Å². The molecule has 0 bridgehead atoms. The minimum atomic E-state index is -0.131. The monoisotopic (exact) mass is 342 g/mol. The summed E-state index contributed by atoms with van der Waals surface area (Å²) in [6, 6.07) is 7.17. The van der Waals surface area contributed by atoms with Crippen LogP contribution in [0, 0.1) is 6.92 Å². The van der Waals surface area contributed by atoms with Crippen LogP contribution >= 0.6 is 34.5 Å². The van der Waals surface area contributed by atoms with Gasteiger partial charge in [0.2, 0.25) is 0 Å². The maximum Gasteiger partial charge on any atom is 0.317 e. The molecule has 0 spiro atoms. The lowest BCUT2D eigenvalue weighted by Crippen LogP contribution is -2.36. The molecule has 2 rings (SSSR count). The average Bonchev–Trinajstić information content (AvgIpc) is 2.83. The van der Waals surface area contributed by atoms with Crippen LogP contribution in [-0.4, -0.2) is 18.0 Å². The molecular weight excluding hydrogens is 327 g/mol. The lowest BCUT2D eigenvalue weighted by atomic mass is 10.2. The van der Waals surface area contributed by atoms with E-state index in [0.717, 1.165) is 5.56 Å². The molecule has 1 aromatic carbocycles. The van der Waals surface area contributed by atoms with Gasteiger partial charge in [0.15, 0.2) is 0 Å². The van der Waals surface area contributed by atoms with E-state index >= 15 is 0 Å². The fourth-order valence-electron chi connectivity index (χ4n) is 1.82. The number of carbonyl (C=O) groups excluding carboxylic acids is 1. The highest BCUT2D eigenvalue weighted by molar-refractivity contribution is 7.10. The summed E-state index contributed by atoms with van der Waals surface area (Å²) in [6.07, 6.45) is 0. The Kier molecular flexibility index (Phi) is 5.51. The van der Waals surface area contributed by atoms with Crippen molar-refractivity contribution in [2.75, 3.05) is 7.05 Å². The van der Waals surface area contributed by atoms with Crippen LogP contribution < -0.4 is 5.32 Å². The molecule has 0 fully saturated rings. The molecule has 0 aliphatic rings. The van der Waals surface area contributed by atoms with Crippen molar-refractivity contribution < 1.29 is 4.79 Å². The molecule has 0 saturated heterocycles. The van der Waals surface area contributed by atoms with Crippen molar-refractivity contribution in [1.29, 1.82) is 0 Å². The zero-order chi connectivity index (χ0) is 15.4. The van der Waals surface area contributed by atoms with Gasteiger partial charge in [0, 0.05) is 28.5 Å². The predicted molar refractivity (Wildman–Crippen MR) is 89.2 cm³/mol. The fraction of sp³-hybridized carbons (Fsp3) is 0.267. The van der Waals surface area contributed by atoms with Gasteiger partial charge in [-0.1, -0.05) is 29.3 Å². The number of halogens is 2. The molecule has 112 valence electrons. The van der Waals surface area contributed by atoms with Crippen LogP contribution in [0.25, 0.3) is 0 Å². The Hall–Kier alpha value is -1.23. The van der Waals surface area contributed by atoms with E-state index in [1.807, 2.05) is 18.4 Å². The minimum Gasteiger partial charge on any atom is -0.334 e. The van der Waals surface area contributed by atoms with E-state index in [9.17, 15) is 4.79 Å². The molecule has 6 heteroatoms. The van der Waals surface area contributed by atoms with Crippen LogP contribution in [-0.2, 0) is 13.1 Å². The summed E-state index contributed by atoms with van der Waals surface area (Å²) in [5, 5.41) is 6.03. The van der Waals surface area contributed by atoms with Crippen molar-refractivity contribution in [2.45, 2.75) is 20.0 Å². The largest absolute Gasteiger partial charge is 0.334 e. The zero-order valence-electron chi connectivity index (χ0n) is 11.8. The maximum atomic E-state index is 12.1. The number of hydrogen-bond acceptors (Lipinski definition) is 2. The number of hydrogen-bond donors (Lipinski definition) is 1. The topological polar surface area (TPSA) is 32.3 Å². The molecule has 0 atom stereocenters. The van der Waals surface area contributed by atoms with Crippen LogP contribution in [0.3, 0.4) is 0 Å². The van der Waals surface area contributed by atoms with Crippen molar-refractivity contribution in [1.82, 2.24) is 10.2 Å². The van der Waals surface area contributed by atoms with E-state index in [4.69, 9.17) is 23.2 Å². The molecule has 1 N–H and O–H groups in total. The van der Waals surface area contributed by atoms with Crippen LogP contribution in [0.1, 0.15) is 16.0 Å². The number of nitrogens with one attached hydrogen (secondary N) is 1. The molecular formula is C15H16Cl2N2OS. The molecule has 0 aliphatic heterocycles. The molecule has 21 heavy (non-hydrogen) atoms. The first-order valence-electron chi connectivity index (χ1n) is 6.43. The van der Waals surface area contributed by atoms with Gasteiger partial charge in [0.25, 0.3) is 0 Å². The fourth-order valence-corrected chi connectivity index (χ4v) is 3.26.